The minimum absolute atomic E-state index is 0. The molecule has 2 rings (SSSR count). The summed E-state index contributed by atoms with van der Waals surface area (Å²) >= 11 is 0. The molecule has 3 N–H and O–H groups in total. The van der Waals surface area contributed by atoms with Crippen LogP contribution in [0.3, 0.4) is 0 Å². The van der Waals surface area contributed by atoms with Crippen LogP contribution in [0.15, 0.2) is 6.07 Å². The minimum Gasteiger partial charge on any atom is -0.354 e. The van der Waals surface area contributed by atoms with Gasteiger partial charge in [-0.2, -0.15) is 0 Å². The number of hydrogen-bond acceptors (Lipinski definition) is 2. The van der Waals surface area contributed by atoms with Gasteiger partial charge in [0.25, 0.3) is 5.91 Å². The van der Waals surface area contributed by atoms with Crippen molar-refractivity contribution in [3.8, 4) is 0 Å². The molecule has 1 fully saturated rings. The summed E-state index contributed by atoms with van der Waals surface area (Å²) in [4.78, 5) is 15.0. The molecule has 1 aliphatic heterocycles. The van der Waals surface area contributed by atoms with Gasteiger partial charge in [-0.3, -0.25) is 4.79 Å². The van der Waals surface area contributed by atoms with Crippen molar-refractivity contribution in [3.05, 3.63) is 23.0 Å². The number of halogens is 1. The summed E-state index contributed by atoms with van der Waals surface area (Å²) in [6.07, 6.45) is 1.02. The van der Waals surface area contributed by atoms with Gasteiger partial charge in [-0.05, 0) is 38.4 Å². The molecule has 1 aromatic heterocycles. The van der Waals surface area contributed by atoms with Crippen LogP contribution in [0.25, 0.3) is 0 Å². The molecule has 1 saturated heterocycles. The fourth-order valence-electron chi connectivity index (χ4n) is 2.00. The highest BCUT2D eigenvalue weighted by Crippen LogP contribution is 2.09. The molecule has 4 nitrogen and oxygen atoms in total. The van der Waals surface area contributed by atoms with Crippen LogP contribution >= 0.6 is 12.4 Å². The van der Waals surface area contributed by atoms with Crippen LogP contribution in [-0.2, 0) is 0 Å². The Balaban J connectivity index is 0.00000128. The second-order valence-electron chi connectivity index (χ2n) is 4.17. The number of aryl methyl sites for hydroxylation is 2. The zero-order valence-electron chi connectivity index (χ0n) is 9.59. The lowest BCUT2D eigenvalue weighted by atomic mass is 10.2. The Kier molecular flexibility index (Phi) is 4.38. The van der Waals surface area contributed by atoms with E-state index in [0.29, 0.717) is 5.69 Å². The molecule has 16 heavy (non-hydrogen) atoms. The van der Waals surface area contributed by atoms with E-state index in [2.05, 4.69) is 15.6 Å². The first kappa shape index (κ1) is 13.1. The monoisotopic (exact) mass is 243 g/mol. The lowest BCUT2D eigenvalue weighted by Gasteiger charge is -2.10. The molecule has 1 aromatic rings. The normalized spacial score (nSPS) is 19.2. The maximum Gasteiger partial charge on any atom is 0.268 e. The van der Waals surface area contributed by atoms with Crippen molar-refractivity contribution >= 4 is 18.3 Å². The summed E-state index contributed by atoms with van der Waals surface area (Å²) in [5, 5.41) is 6.24. The number of carbonyl (C=O) groups excluding carboxylic acids is 1. The number of nitrogens with one attached hydrogen (secondary N) is 3. The standard InChI is InChI=1S/C11H17N3O.ClH/c1-7-5-8(2)13-10(7)11(15)14-9-3-4-12-6-9;/h5,9,12-13H,3-4,6H2,1-2H3,(H,14,15);1H. The zero-order valence-corrected chi connectivity index (χ0v) is 10.4. The summed E-state index contributed by atoms with van der Waals surface area (Å²) in [6.45, 7) is 5.78. The first-order valence-electron chi connectivity index (χ1n) is 5.34. The third-order valence-electron chi connectivity index (χ3n) is 2.77. The van der Waals surface area contributed by atoms with Gasteiger partial charge in [0.2, 0.25) is 0 Å². The molecule has 90 valence electrons. The lowest BCUT2D eigenvalue weighted by molar-refractivity contribution is 0.0935. The molecule has 1 unspecified atom stereocenters. The van der Waals surface area contributed by atoms with Crippen molar-refractivity contribution in [3.63, 3.8) is 0 Å². The van der Waals surface area contributed by atoms with Crippen molar-refractivity contribution < 1.29 is 4.79 Å². The van der Waals surface area contributed by atoms with E-state index in [1.54, 1.807) is 0 Å². The molecule has 5 heteroatoms. The Morgan fingerprint density at radius 1 is 1.50 bits per heavy atom. The SMILES string of the molecule is Cc1cc(C)c(C(=O)NC2CCNC2)[nH]1.Cl. The van der Waals surface area contributed by atoms with E-state index in [1.165, 1.54) is 0 Å². The van der Waals surface area contributed by atoms with E-state index in [1.807, 2.05) is 19.9 Å². The fraction of sp³-hybridized carbons (Fsp3) is 0.545. The summed E-state index contributed by atoms with van der Waals surface area (Å²) in [6, 6.07) is 2.27. The number of aromatic amines is 1. The largest absolute Gasteiger partial charge is 0.354 e. The number of rotatable bonds is 2. The van der Waals surface area contributed by atoms with E-state index in [9.17, 15) is 4.79 Å². The Morgan fingerprint density at radius 2 is 2.25 bits per heavy atom. The van der Waals surface area contributed by atoms with Gasteiger partial charge >= 0.3 is 0 Å². The van der Waals surface area contributed by atoms with Crippen LogP contribution in [0.1, 0.15) is 28.2 Å². The van der Waals surface area contributed by atoms with E-state index >= 15 is 0 Å². The summed E-state index contributed by atoms with van der Waals surface area (Å²) in [5.74, 6) is 0.00861. The minimum atomic E-state index is 0. The van der Waals surface area contributed by atoms with Gasteiger partial charge < -0.3 is 15.6 Å². The molecule has 0 saturated carbocycles. The average Bonchev–Trinajstić information content (AvgIpc) is 2.75. The number of carbonyl (C=O) groups is 1. The predicted octanol–water partition coefficient (Wildman–Crippen LogP) is 1.15. The molecule has 1 aliphatic rings. The maximum atomic E-state index is 11.9. The third-order valence-corrected chi connectivity index (χ3v) is 2.77. The van der Waals surface area contributed by atoms with Crippen LogP contribution < -0.4 is 10.6 Å². The highest BCUT2D eigenvalue weighted by molar-refractivity contribution is 5.94. The van der Waals surface area contributed by atoms with Crippen molar-refractivity contribution in [2.45, 2.75) is 26.3 Å². The van der Waals surface area contributed by atoms with E-state index in [0.717, 1.165) is 30.8 Å². The van der Waals surface area contributed by atoms with Gasteiger partial charge in [0.15, 0.2) is 0 Å². The smallest absolute Gasteiger partial charge is 0.268 e. The first-order chi connectivity index (χ1) is 7.16. The van der Waals surface area contributed by atoms with Crippen LogP contribution in [0.2, 0.25) is 0 Å². The average molecular weight is 244 g/mol. The Morgan fingerprint density at radius 3 is 2.75 bits per heavy atom. The molecule has 0 radical (unpaired) electrons. The maximum absolute atomic E-state index is 11.9. The third kappa shape index (κ3) is 2.77. The molecule has 0 bridgehead atoms. The quantitative estimate of drug-likeness (QED) is 0.730. The van der Waals surface area contributed by atoms with Gasteiger partial charge in [-0.25, -0.2) is 0 Å². The second-order valence-corrected chi connectivity index (χ2v) is 4.17. The van der Waals surface area contributed by atoms with E-state index in [-0.39, 0.29) is 24.4 Å². The molecular formula is C11H18ClN3O. The van der Waals surface area contributed by atoms with E-state index in [4.69, 9.17) is 0 Å². The molecule has 0 spiro atoms. The number of aromatic nitrogens is 1. The van der Waals surface area contributed by atoms with Gasteiger partial charge in [0.1, 0.15) is 5.69 Å². The number of hydrogen-bond donors (Lipinski definition) is 3. The van der Waals surface area contributed by atoms with Crippen LogP contribution in [0.5, 0.6) is 0 Å². The highest BCUT2D eigenvalue weighted by Gasteiger charge is 2.19. The van der Waals surface area contributed by atoms with Gasteiger partial charge in [-0.15, -0.1) is 12.4 Å². The van der Waals surface area contributed by atoms with Crippen molar-refractivity contribution in [2.75, 3.05) is 13.1 Å². The number of amides is 1. The van der Waals surface area contributed by atoms with Crippen molar-refractivity contribution in [2.24, 2.45) is 0 Å². The van der Waals surface area contributed by atoms with Crippen molar-refractivity contribution in [1.82, 2.24) is 15.6 Å². The van der Waals surface area contributed by atoms with Gasteiger partial charge in [-0.1, -0.05) is 0 Å². The van der Waals surface area contributed by atoms with Crippen molar-refractivity contribution in [1.29, 1.82) is 0 Å². The molecule has 0 aromatic carbocycles. The zero-order chi connectivity index (χ0) is 10.8. The van der Waals surface area contributed by atoms with Gasteiger partial charge in [0.05, 0.1) is 0 Å². The molecular weight excluding hydrogens is 226 g/mol. The predicted molar refractivity (Wildman–Crippen MR) is 66.3 cm³/mol. The topological polar surface area (TPSA) is 56.9 Å². The van der Waals surface area contributed by atoms with Crippen LogP contribution in [0, 0.1) is 13.8 Å². The molecule has 1 amide bonds. The molecule has 2 heterocycles. The second kappa shape index (κ2) is 5.37. The summed E-state index contributed by atoms with van der Waals surface area (Å²) in [5.41, 5.74) is 2.73. The number of H-pyrrole nitrogens is 1. The highest BCUT2D eigenvalue weighted by atomic mass is 35.5. The first-order valence-corrected chi connectivity index (χ1v) is 5.34. The Bertz CT molecular complexity index is 369. The van der Waals surface area contributed by atoms with Gasteiger partial charge in [0, 0.05) is 18.3 Å². The Hall–Kier alpha value is -1.00. The lowest BCUT2D eigenvalue weighted by Crippen LogP contribution is -2.36. The van der Waals surface area contributed by atoms with Crippen LogP contribution in [-0.4, -0.2) is 30.0 Å². The summed E-state index contributed by atoms with van der Waals surface area (Å²) in [7, 11) is 0. The van der Waals surface area contributed by atoms with E-state index < -0.39 is 0 Å². The molecule has 0 aliphatic carbocycles. The Labute approximate surface area is 102 Å². The molecule has 1 atom stereocenters. The van der Waals surface area contributed by atoms with Crippen LogP contribution in [0.4, 0.5) is 0 Å². The summed E-state index contributed by atoms with van der Waals surface area (Å²) < 4.78 is 0. The fourth-order valence-corrected chi connectivity index (χ4v) is 2.00.